The normalized spacial score (nSPS) is 20.3. The number of benzene rings is 1. The lowest BCUT2D eigenvalue weighted by molar-refractivity contribution is -0.159. The molecule has 132 valence electrons. The van der Waals surface area contributed by atoms with Crippen molar-refractivity contribution in [2.45, 2.75) is 32.1 Å². The Labute approximate surface area is 137 Å². The van der Waals surface area contributed by atoms with Gasteiger partial charge in [0.2, 0.25) is 12.7 Å². The molecule has 1 aromatic carbocycles. The highest BCUT2D eigenvalue weighted by Crippen LogP contribution is 2.36. The molecule has 0 spiro atoms. The summed E-state index contributed by atoms with van der Waals surface area (Å²) in [5, 5.41) is 0. The molecule has 2 aliphatic rings. The zero-order chi connectivity index (χ0) is 17.3. The van der Waals surface area contributed by atoms with Crippen molar-refractivity contribution >= 4 is 5.91 Å². The number of likely N-dealkylation sites (tertiary alicyclic amines) is 1. The molecule has 0 N–H and O–H groups in total. The lowest BCUT2D eigenvalue weighted by atomic mass is 10.1. The van der Waals surface area contributed by atoms with Crippen LogP contribution in [-0.4, -0.2) is 54.4 Å². The monoisotopic (exact) mass is 344 g/mol. The lowest BCUT2D eigenvalue weighted by Gasteiger charge is -2.27. The maximum absolute atomic E-state index is 12.5. The summed E-state index contributed by atoms with van der Waals surface area (Å²) in [6.07, 6.45) is -3.97. The number of halogens is 3. The molecule has 1 amide bonds. The third kappa shape index (κ3) is 3.43. The Morgan fingerprint density at radius 3 is 2.83 bits per heavy atom. The highest BCUT2D eigenvalue weighted by molar-refractivity contribution is 5.84. The molecular formula is C16H19F3N2O3. The number of ether oxygens (including phenoxy) is 2. The van der Waals surface area contributed by atoms with E-state index in [-0.39, 0.29) is 13.3 Å². The summed E-state index contributed by atoms with van der Waals surface area (Å²) in [5.74, 6) is 0.840. The first-order chi connectivity index (χ1) is 11.4. The zero-order valence-corrected chi connectivity index (χ0v) is 13.3. The Kier molecular flexibility index (Phi) is 4.58. The van der Waals surface area contributed by atoms with Crippen LogP contribution in [0.1, 0.15) is 18.9 Å². The van der Waals surface area contributed by atoms with E-state index in [9.17, 15) is 18.0 Å². The van der Waals surface area contributed by atoms with Crippen LogP contribution >= 0.6 is 0 Å². The molecule has 1 fully saturated rings. The predicted molar refractivity (Wildman–Crippen MR) is 79.7 cm³/mol. The van der Waals surface area contributed by atoms with Crippen molar-refractivity contribution < 1.29 is 27.4 Å². The number of hydrogen-bond acceptors (Lipinski definition) is 4. The van der Waals surface area contributed by atoms with Crippen LogP contribution in [0.15, 0.2) is 18.2 Å². The topological polar surface area (TPSA) is 42.0 Å². The van der Waals surface area contributed by atoms with E-state index in [2.05, 4.69) is 0 Å². The van der Waals surface area contributed by atoms with Crippen LogP contribution in [0.25, 0.3) is 0 Å². The van der Waals surface area contributed by atoms with Crippen molar-refractivity contribution in [1.82, 2.24) is 9.80 Å². The summed E-state index contributed by atoms with van der Waals surface area (Å²) < 4.78 is 48.4. The standard InChI is InChI=1S/C16H19F3N2O3/c1-2-20(8-11-4-3-5-13-14(11)24-10-23-13)12-6-7-21(15(12)22)9-16(17,18)19/h3-5,12H,2,6-10H2,1H3/t12-/m0/s1. The molecular weight excluding hydrogens is 325 g/mol. The molecule has 0 bridgehead atoms. The molecule has 1 atom stereocenters. The predicted octanol–water partition coefficient (Wildman–Crippen LogP) is 2.40. The summed E-state index contributed by atoms with van der Waals surface area (Å²) >= 11 is 0. The minimum Gasteiger partial charge on any atom is -0.454 e. The number of likely N-dealkylation sites (N-methyl/N-ethyl adjacent to an activating group) is 1. The van der Waals surface area contributed by atoms with E-state index >= 15 is 0 Å². The maximum Gasteiger partial charge on any atom is 0.406 e. The number of para-hydroxylation sites is 1. The molecule has 0 radical (unpaired) electrons. The van der Waals surface area contributed by atoms with Crippen LogP contribution in [0.2, 0.25) is 0 Å². The molecule has 8 heteroatoms. The SMILES string of the molecule is CCN(Cc1cccc2c1OCO2)[C@H]1CCN(CC(F)(F)F)C1=O. The van der Waals surface area contributed by atoms with E-state index in [1.807, 2.05) is 24.0 Å². The van der Waals surface area contributed by atoms with Crippen LogP contribution in [0, 0.1) is 0 Å². The van der Waals surface area contributed by atoms with Gasteiger partial charge >= 0.3 is 6.18 Å². The summed E-state index contributed by atoms with van der Waals surface area (Å²) in [7, 11) is 0. The van der Waals surface area contributed by atoms with Crippen LogP contribution < -0.4 is 9.47 Å². The van der Waals surface area contributed by atoms with Crippen molar-refractivity contribution in [3.63, 3.8) is 0 Å². The van der Waals surface area contributed by atoms with Crippen molar-refractivity contribution in [3.05, 3.63) is 23.8 Å². The number of nitrogens with zero attached hydrogens (tertiary/aromatic N) is 2. The first-order valence-corrected chi connectivity index (χ1v) is 7.86. The molecule has 1 saturated heterocycles. The summed E-state index contributed by atoms with van der Waals surface area (Å²) in [6.45, 7) is 1.98. The Bertz CT molecular complexity index is 621. The lowest BCUT2D eigenvalue weighted by Crippen LogP contribution is -2.43. The molecule has 24 heavy (non-hydrogen) atoms. The molecule has 0 saturated carbocycles. The van der Waals surface area contributed by atoms with Crippen molar-refractivity contribution in [1.29, 1.82) is 0 Å². The van der Waals surface area contributed by atoms with Crippen molar-refractivity contribution in [3.8, 4) is 11.5 Å². The van der Waals surface area contributed by atoms with Gasteiger partial charge in [0.25, 0.3) is 0 Å². The first-order valence-electron chi connectivity index (χ1n) is 7.86. The van der Waals surface area contributed by atoms with Gasteiger partial charge in [0.05, 0.1) is 6.04 Å². The van der Waals surface area contributed by atoms with E-state index < -0.39 is 24.7 Å². The third-order valence-corrected chi connectivity index (χ3v) is 4.34. The van der Waals surface area contributed by atoms with E-state index in [0.717, 1.165) is 10.5 Å². The van der Waals surface area contributed by atoms with Gasteiger partial charge in [-0.2, -0.15) is 13.2 Å². The van der Waals surface area contributed by atoms with E-state index in [1.165, 1.54) is 0 Å². The van der Waals surface area contributed by atoms with Crippen molar-refractivity contribution in [2.24, 2.45) is 0 Å². The van der Waals surface area contributed by atoms with Crippen molar-refractivity contribution in [2.75, 3.05) is 26.4 Å². The molecule has 5 nitrogen and oxygen atoms in total. The summed E-state index contributed by atoms with van der Waals surface area (Å²) in [4.78, 5) is 15.1. The zero-order valence-electron chi connectivity index (χ0n) is 13.3. The highest BCUT2D eigenvalue weighted by atomic mass is 19.4. The average Bonchev–Trinajstić information content (AvgIpc) is 3.12. The second-order valence-corrected chi connectivity index (χ2v) is 5.89. The van der Waals surface area contributed by atoms with Gasteiger partial charge in [0.1, 0.15) is 6.54 Å². The van der Waals surface area contributed by atoms with Crippen LogP contribution in [0.5, 0.6) is 11.5 Å². The minimum absolute atomic E-state index is 0.131. The second kappa shape index (κ2) is 6.51. The maximum atomic E-state index is 12.5. The number of carbonyl (C=O) groups excluding carboxylic acids is 1. The molecule has 1 aromatic rings. The number of carbonyl (C=O) groups is 1. The van der Waals surface area contributed by atoms with Gasteiger partial charge in [0.15, 0.2) is 11.5 Å². The number of rotatable bonds is 5. The quantitative estimate of drug-likeness (QED) is 0.823. The van der Waals surface area contributed by atoms with Gasteiger partial charge in [-0.1, -0.05) is 19.1 Å². The largest absolute Gasteiger partial charge is 0.454 e. The molecule has 2 aliphatic heterocycles. The van der Waals surface area contributed by atoms with E-state index in [4.69, 9.17) is 9.47 Å². The highest BCUT2D eigenvalue weighted by Gasteiger charge is 2.41. The Balaban J connectivity index is 1.71. The fourth-order valence-electron chi connectivity index (χ4n) is 3.21. The Hall–Kier alpha value is -1.96. The third-order valence-electron chi connectivity index (χ3n) is 4.34. The fourth-order valence-corrected chi connectivity index (χ4v) is 3.21. The number of amides is 1. The molecule has 0 aromatic heterocycles. The van der Waals surface area contributed by atoms with Gasteiger partial charge in [-0.15, -0.1) is 0 Å². The van der Waals surface area contributed by atoms with Crippen LogP contribution in [-0.2, 0) is 11.3 Å². The minimum atomic E-state index is -4.37. The Morgan fingerprint density at radius 1 is 1.33 bits per heavy atom. The number of fused-ring (bicyclic) bond motifs is 1. The smallest absolute Gasteiger partial charge is 0.406 e. The van der Waals surface area contributed by atoms with Gasteiger partial charge < -0.3 is 14.4 Å². The number of hydrogen-bond donors (Lipinski definition) is 0. The van der Waals surface area contributed by atoms with Gasteiger partial charge in [-0.25, -0.2) is 0 Å². The first kappa shape index (κ1) is 16.9. The number of alkyl halides is 3. The molecule has 3 rings (SSSR count). The average molecular weight is 344 g/mol. The van der Waals surface area contributed by atoms with Crippen LogP contribution in [0.3, 0.4) is 0 Å². The molecule has 0 aliphatic carbocycles. The fraction of sp³-hybridized carbons (Fsp3) is 0.562. The van der Waals surface area contributed by atoms with Gasteiger partial charge in [0, 0.05) is 18.7 Å². The van der Waals surface area contributed by atoms with Crippen LogP contribution in [0.4, 0.5) is 13.2 Å². The second-order valence-electron chi connectivity index (χ2n) is 5.89. The summed E-state index contributed by atoms with van der Waals surface area (Å²) in [5.41, 5.74) is 0.869. The van der Waals surface area contributed by atoms with Gasteiger partial charge in [-0.3, -0.25) is 9.69 Å². The van der Waals surface area contributed by atoms with E-state index in [1.54, 1.807) is 6.07 Å². The van der Waals surface area contributed by atoms with Gasteiger partial charge in [-0.05, 0) is 19.0 Å². The summed E-state index contributed by atoms with van der Waals surface area (Å²) in [6, 6.07) is 4.98. The molecule has 2 heterocycles. The molecule has 0 unspecified atom stereocenters. The van der Waals surface area contributed by atoms with E-state index in [0.29, 0.717) is 31.0 Å². The Morgan fingerprint density at radius 2 is 2.12 bits per heavy atom.